The van der Waals surface area contributed by atoms with E-state index in [2.05, 4.69) is 15.6 Å². The summed E-state index contributed by atoms with van der Waals surface area (Å²) in [7, 11) is 0. The van der Waals surface area contributed by atoms with Crippen LogP contribution in [-0.4, -0.2) is 37.0 Å². The fourth-order valence-corrected chi connectivity index (χ4v) is 4.21. The second-order valence-electron chi connectivity index (χ2n) is 6.01. The summed E-state index contributed by atoms with van der Waals surface area (Å²) >= 11 is 1.62. The van der Waals surface area contributed by atoms with Crippen LogP contribution in [0.15, 0.2) is 10.8 Å². The first-order valence-electron chi connectivity index (χ1n) is 7.23. The highest BCUT2D eigenvalue weighted by Gasteiger charge is 2.36. The lowest BCUT2D eigenvalue weighted by Crippen LogP contribution is -2.47. The minimum Gasteiger partial charge on any atom is -0.339 e. The Morgan fingerprint density at radius 2 is 1.89 bits per heavy atom. The number of aryl methyl sites for hydroxylation is 1. The Kier molecular flexibility index (Phi) is 3.63. The Hall–Kier alpha value is -0.870. The van der Waals surface area contributed by atoms with Crippen molar-refractivity contribution in [1.82, 2.24) is 10.2 Å². The van der Waals surface area contributed by atoms with Crippen molar-refractivity contribution in [2.45, 2.75) is 32.6 Å². The molecule has 104 valence electrons. The summed E-state index contributed by atoms with van der Waals surface area (Å²) in [5.74, 6) is 0.238. The van der Waals surface area contributed by atoms with Gasteiger partial charge in [-0.05, 0) is 62.1 Å². The maximum absolute atomic E-state index is 12.5. The number of carbonyl (C=O) groups is 1. The van der Waals surface area contributed by atoms with Crippen molar-refractivity contribution in [1.29, 1.82) is 0 Å². The van der Waals surface area contributed by atoms with Crippen molar-refractivity contribution in [2.75, 3.05) is 26.2 Å². The molecule has 0 aromatic carbocycles. The van der Waals surface area contributed by atoms with Crippen LogP contribution in [0.4, 0.5) is 0 Å². The number of nitrogens with zero attached hydrogens (tertiary/aromatic N) is 1. The number of amides is 1. The summed E-state index contributed by atoms with van der Waals surface area (Å²) in [5.41, 5.74) is 2.55. The van der Waals surface area contributed by atoms with Crippen molar-refractivity contribution in [3.63, 3.8) is 0 Å². The third kappa shape index (κ3) is 2.56. The number of likely N-dealkylation sites (tertiary alicyclic amines) is 1. The Bertz CT molecular complexity index is 452. The summed E-state index contributed by atoms with van der Waals surface area (Å²) in [6.45, 7) is 6.21. The lowest BCUT2D eigenvalue weighted by atomic mass is 9.71. The lowest BCUT2D eigenvalue weighted by Gasteiger charge is -2.44. The number of rotatable bonds is 1. The van der Waals surface area contributed by atoms with Gasteiger partial charge in [0.1, 0.15) is 0 Å². The number of thiophene rings is 1. The van der Waals surface area contributed by atoms with Gasteiger partial charge >= 0.3 is 0 Å². The van der Waals surface area contributed by atoms with Crippen LogP contribution in [0.3, 0.4) is 0 Å². The summed E-state index contributed by atoms with van der Waals surface area (Å²) in [6.07, 6.45) is 4.94. The van der Waals surface area contributed by atoms with E-state index in [9.17, 15) is 4.79 Å². The first kappa shape index (κ1) is 13.1. The van der Waals surface area contributed by atoms with Gasteiger partial charge in [0, 0.05) is 18.5 Å². The second-order valence-corrected chi connectivity index (χ2v) is 6.75. The Morgan fingerprint density at radius 1 is 1.21 bits per heavy atom. The lowest BCUT2D eigenvalue weighted by molar-refractivity contribution is 0.0495. The summed E-state index contributed by atoms with van der Waals surface area (Å²) in [5, 5.41) is 7.49. The number of piperidine rings is 2. The van der Waals surface area contributed by atoms with E-state index in [0.717, 1.165) is 37.3 Å². The molecule has 0 radical (unpaired) electrons. The summed E-state index contributed by atoms with van der Waals surface area (Å²) < 4.78 is 0. The Morgan fingerprint density at radius 3 is 2.47 bits per heavy atom. The third-order valence-electron chi connectivity index (χ3n) is 4.86. The number of carbonyl (C=O) groups excluding carboxylic acids is 1. The monoisotopic (exact) mass is 278 g/mol. The molecule has 1 spiro atoms. The summed E-state index contributed by atoms with van der Waals surface area (Å²) in [4.78, 5) is 14.5. The zero-order valence-electron chi connectivity index (χ0n) is 11.6. The van der Waals surface area contributed by atoms with Gasteiger partial charge in [-0.1, -0.05) is 0 Å². The maximum Gasteiger partial charge on any atom is 0.254 e. The van der Waals surface area contributed by atoms with Gasteiger partial charge < -0.3 is 10.2 Å². The molecule has 1 aromatic rings. The van der Waals surface area contributed by atoms with Gasteiger partial charge in [0.05, 0.1) is 5.56 Å². The highest BCUT2D eigenvalue weighted by molar-refractivity contribution is 7.08. The van der Waals surface area contributed by atoms with Crippen LogP contribution in [0.5, 0.6) is 0 Å². The van der Waals surface area contributed by atoms with E-state index in [1.165, 1.54) is 25.7 Å². The molecule has 0 aliphatic carbocycles. The van der Waals surface area contributed by atoms with E-state index < -0.39 is 0 Å². The predicted octanol–water partition coefficient (Wildman–Crippen LogP) is 2.66. The molecule has 2 aliphatic heterocycles. The van der Waals surface area contributed by atoms with E-state index in [1.807, 2.05) is 12.3 Å². The van der Waals surface area contributed by atoms with Crippen LogP contribution < -0.4 is 5.32 Å². The van der Waals surface area contributed by atoms with E-state index in [0.29, 0.717) is 5.41 Å². The van der Waals surface area contributed by atoms with Gasteiger partial charge in [-0.3, -0.25) is 4.79 Å². The molecule has 2 aliphatic rings. The molecule has 1 aromatic heterocycles. The van der Waals surface area contributed by atoms with Gasteiger partial charge in [-0.15, -0.1) is 0 Å². The van der Waals surface area contributed by atoms with Crippen LogP contribution in [0.2, 0.25) is 0 Å². The smallest absolute Gasteiger partial charge is 0.254 e. The van der Waals surface area contributed by atoms with Crippen LogP contribution in [-0.2, 0) is 0 Å². The fourth-order valence-electron chi connectivity index (χ4n) is 3.39. The Balaban J connectivity index is 1.64. The molecular formula is C15H22N2OS. The SMILES string of the molecule is Cc1cscc1C(=O)N1CCC2(CCNCC2)CC1. The van der Waals surface area contributed by atoms with E-state index in [4.69, 9.17) is 0 Å². The normalized spacial score (nSPS) is 22.7. The molecule has 0 bridgehead atoms. The Labute approximate surface area is 119 Å². The molecular weight excluding hydrogens is 256 g/mol. The van der Waals surface area contributed by atoms with Crippen molar-refractivity contribution in [3.05, 3.63) is 21.9 Å². The molecule has 2 saturated heterocycles. The summed E-state index contributed by atoms with van der Waals surface area (Å²) in [6, 6.07) is 0. The molecule has 3 rings (SSSR count). The van der Waals surface area contributed by atoms with Gasteiger partial charge in [-0.25, -0.2) is 0 Å². The topological polar surface area (TPSA) is 32.3 Å². The molecule has 19 heavy (non-hydrogen) atoms. The van der Waals surface area contributed by atoms with Crippen LogP contribution >= 0.6 is 11.3 Å². The average molecular weight is 278 g/mol. The molecule has 1 amide bonds. The standard InChI is InChI=1S/C15H22N2OS/c1-12-10-19-11-13(12)14(18)17-8-4-15(5-9-17)2-6-16-7-3-15/h10-11,16H,2-9H2,1H3. The molecule has 0 saturated carbocycles. The molecule has 3 heterocycles. The van der Waals surface area contributed by atoms with E-state index >= 15 is 0 Å². The molecule has 2 fully saturated rings. The first-order chi connectivity index (χ1) is 9.20. The van der Waals surface area contributed by atoms with Crippen LogP contribution in [0.1, 0.15) is 41.6 Å². The maximum atomic E-state index is 12.5. The minimum absolute atomic E-state index is 0.238. The highest BCUT2D eigenvalue weighted by Crippen LogP contribution is 2.39. The van der Waals surface area contributed by atoms with Gasteiger partial charge in [0.15, 0.2) is 0 Å². The van der Waals surface area contributed by atoms with Crippen molar-refractivity contribution in [3.8, 4) is 0 Å². The molecule has 4 heteroatoms. The zero-order chi connectivity index (χ0) is 13.3. The molecule has 3 nitrogen and oxygen atoms in total. The number of nitrogens with one attached hydrogen (secondary N) is 1. The van der Waals surface area contributed by atoms with Gasteiger partial charge in [-0.2, -0.15) is 11.3 Å². The van der Waals surface area contributed by atoms with Gasteiger partial charge in [0.25, 0.3) is 5.91 Å². The number of hydrogen-bond acceptors (Lipinski definition) is 3. The fraction of sp³-hybridized carbons (Fsp3) is 0.667. The van der Waals surface area contributed by atoms with Crippen molar-refractivity contribution >= 4 is 17.2 Å². The number of hydrogen-bond donors (Lipinski definition) is 1. The average Bonchev–Trinajstić information content (AvgIpc) is 2.86. The van der Waals surface area contributed by atoms with Crippen LogP contribution in [0.25, 0.3) is 0 Å². The molecule has 1 N–H and O–H groups in total. The minimum atomic E-state index is 0.238. The van der Waals surface area contributed by atoms with Crippen molar-refractivity contribution in [2.24, 2.45) is 5.41 Å². The van der Waals surface area contributed by atoms with Gasteiger partial charge in [0.2, 0.25) is 0 Å². The first-order valence-corrected chi connectivity index (χ1v) is 8.17. The third-order valence-corrected chi connectivity index (χ3v) is 5.72. The quantitative estimate of drug-likeness (QED) is 0.856. The second kappa shape index (κ2) is 5.25. The van der Waals surface area contributed by atoms with Crippen molar-refractivity contribution < 1.29 is 4.79 Å². The van der Waals surface area contributed by atoms with Crippen LogP contribution in [0, 0.1) is 12.3 Å². The predicted molar refractivity (Wildman–Crippen MR) is 78.7 cm³/mol. The zero-order valence-corrected chi connectivity index (χ0v) is 12.4. The van der Waals surface area contributed by atoms with E-state index in [-0.39, 0.29) is 5.91 Å². The highest BCUT2D eigenvalue weighted by atomic mass is 32.1. The molecule has 0 unspecified atom stereocenters. The van der Waals surface area contributed by atoms with E-state index in [1.54, 1.807) is 11.3 Å². The largest absolute Gasteiger partial charge is 0.339 e. The molecule has 0 atom stereocenters.